The van der Waals surface area contributed by atoms with Crippen LogP contribution in [0.2, 0.25) is 0 Å². The third kappa shape index (κ3) is 5.27. The Morgan fingerprint density at radius 2 is 1.09 bits per heavy atom. The van der Waals surface area contributed by atoms with Gasteiger partial charge in [0.1, 0.15) is 0 Å². The van der Waals surface area contributed by atoms with E-state index in [2.05, 4.69) is 126 Å². The summed E-state index contributed by atoms with van der Waals surface area (Å²) < 4.78 is 0. The molecule has 4 aromatic carbocycles. The zero-order chi connectivity index (χ0) is 32.7. The lowest BCUT2D eigenvalue weighted by Crippen LogP contribution is -2.48. The van der Waals surface area contributed by atoms with Gasteiger partial charge in [0.25, 0.3) is 0 Å². The van der Waals surface area contributed by atoms with Crippen LogP contribution in [0, 0.1) is 17.8 Å². The van der Waals surface area contributed by atoms with Gasteiger partial charge in [0.2, 0.25) is 5.91 Å². The summed E-state index contributed by atoms with van der Waals surface area (Å²) in [4.78, 5) is 14.3. The SMILES string of the molecule is CC(C)(C)c1ccccc1-c1cc(C23CC4CC(CC(C4)C2)C3)cc(-c2ccccc2C(C)(C)C)c1-c1ccc(N2CCC2=O)cc1. The van der Waals surface area contributed by atoms with E-state index in [1.165, 1.54) is 83.0 Å². The number of β-lactam (4-membered cyclic amide) rings is 1. The minimum Gasteiger partial charge on any atom is -0.312 e. The van der Waals surface area contributed by atoms with Gasteiger partial charge in [-0.3, -0.25) is 4.79 Å². The highest BCUT2D eigenvalue weighted by molar-refractivity contribution is 6.01. The maximum atomic E-state index is 12.4. The van der Waals surface area contributed by atoms with Gasteiger partial charge in [0.05, 0.1) is 0 Å². The first kappa shape index (κ1) is 30.7. The van der Waals surface area contributed by atoms with Crippen LogP contribution in [0.5, 0.6) is 0 Å². The summed E-state index contributed by atoms with van der Waals surface area (Å²) >= 11 is 0. The second-order valence-corrected chi connectivity index (χ2v) is 17.6. The quantitative estimate of drug-likeness (QED) is 0.203. The van der Waals surface area contributed by atoms with Gasteiger partial charge in [-0.1, -0.05) is 102 Å². The molecule has 242 valence electrons. The molecule has 1 heterocycles. The van der Waals surface area contributed by atoms with Crippen LogP contribution in [0.1, 0.15) is 103 Å². The molecule has 5 fully saturated rings. The number of rotatable bonds is 5. The van der Waals surface area contributed by atoms with E-state index in [9.17, 15) is 4.79 Å². The maximum Gasteiger partial charge on any atom is 0.228 e. The molecule has 4 aliphatic carbocycles. The number of carbonyl (C=O) groups is 1. The average Bonchev–Trinajstić information content (AvgIpc) is 3.02. The highest BCUT2D eigenvalue weighted by Crippen LogP contribution is 2.62. The van der Waals surface area contributed by atoms with Gasteiger partial charge in [-0.05, 0) is 147 Å². The van der Waals surface area contributed by atoms with Crippen molar-refractivity contribution in [3.8, 4) is 33.4 Å². The molecular weight excluding hydrogens is 571 g/mol. The van der Waals surface area contributed by atoms with Crippen LogP contribution in [0.25, 0.3) is 33.4 Å². The lowest BCUT2D eigenvalue weighted by molar-refractivity contribution is -0.122. The fourth-order valence-corrected chi connectivity index (χ4v) is 10.3. The molecule has 0 spiro atoms. The zero-order valence-corrected chi connectivity index (χ0v) is 29.3. The molecule has 4 bridgehead atoms. The molecule has 0 atom stereocenters. The van der Waals surface area contributed by atoms with Crippen LogP contribution in [-0.4, -0.2) is 12.5 Å². The van der Waals surface area contributed by atoms with Crippen LogP contribution in [0.15, 0.2) is 84.9 Å². The Bertz CT molecular complexity index is 1730. The predicted octanol–water partition coefficient (Wildman–Crippen LogP) is 11.5. The highest BCUT2D eigenvalue weighted by atomic mass is 16.2. The van der Waals surface area contributed by atoms with Crippen LogP contribution in [0.3, 0.4) is 0 Å². The van der Waals surface area contributed by atoms with E-state index in [0.29, 0.717) is 6.42 Å². The van der Waals surface area contributed by atoms with Crippen molar-refractivity contribution in [3.63, 3.8) is 0 Å². The molecule has 4 aromatic rings. The molecule has 2 nitrogen and oxygen atoms in total. The smallest absolute Gasteiger partial charge is 0.228 e. The number of nitrogens with zero attached hydrogens (tertiary/aromatic N) is 1. The van der Waals surface area contributed by atoms with Crippen LogP contribution in [0.4, 0.5) is 5.69 Å². The number of hydrogen-bond acceptors (Lipinski definition) is 1. The minimum atomic E-state index is -0.00421. The summed E-state index contributed by atoms with van der Waals surface area (Å²) in [5, 5.41) is 0. The molecule has 1 amide bonds. The number of anilines is 1. The second kappa shape index (κ2) is 10.9. The van der Waals surface area contributed by atoms with Gasteiger partial charge in [0, 0.05) is 18.7 Å². The van der Waals surface area contributed by atoms with Crippen LogP contribution >= 0.6 is 0 Å². The van der Waals surface area contributed by atoms with E-state index in [1.54, 1.807) is 5.56 Å². The van der Waals surface area contributed by atoms with E-state index in [-0.39, 0.29) is 22.2 Å². The summed E-state index contributed by atoms with van der Waals surface area (Å²) in [6.45, 7) is 14.9. The first-order valence-corrected chi connectivity index (χ1v) is 18.2. The fraction of sp³-hybridized carbons (Fsp3) is 0.444. The highest BCUT2D eigenvalue weighted by Gasteiger charge is 2.52. The normalized spacial score (nSPS) is 25.3. The van der Waals surface area contributed by atoms with E-state index in [0.717, 1.165) is 30.0 Å². The van der Waals surface area contributed by atoms with E-state index < -0.39 is 0 Å². The average molecular weight is 622 g/mol. The molecule has 4 saturated carbocycles. The second-order valence-electron chi connectivity index (χ2n) is 17.6. The Hall–Kier alpha value is -3.65. The summed E-state index contributed by atoms with van der Waals surface area (Å²) in [7, 11) is 0. The summed E-state index contributed by atoms with van der Waals surface area (Å²) in [6, 6.07) is 32.5. The van der Waals surface area contributed by atoms with Crippen molar-refractivity contribution in [2.45, 2.75) is 103 Å². The van der Waals surface area contributed by atoms with Gasteiger partial charge < -0.3 is 4.90 Å². The number of amides is 1. The predicted molar refractivity (Wildman–Crippen MR) is 197 cm³/mol. The molecule has 0 unspecified atom stereocenters. The van der Waals surface area contributed by atoms with E-state index in [4.69, 9.17) is 0 Å². The third-order valence-corrected chi connectivity index (χ3v) is 12.2. The van der Waals surface area contributed by atoms with Crippen molar-refractivity contribution in [2.24, 2.45) is 17.8 Å². The first-order valence-electron chi connectivity index (χ1n) is 18.2. The summed E-state index contributed by atoms with van der Waals surface area (Å²) in [5.74, 6) is 2.87. The molecule has 47 heavy (non-hydrogen) atoms. The molecule has 1 saturated heterocycles. The molecule has 0 N–H and O–H groups in total. The Kier molecular flexibility index (Phi) is 7.14. The maximum absolute atomic E-state index is 12.4. The lowest BCUT2D eigenvalue weighted by atomic mass is 9.48. The zero-order valence-electron chi connectivity index (χ0n) is 29.3. The van der Waals surface area contributed by atoms with Crippen molar-refractivity contribution in [1.29, 1.82) is 0 Å². The standard InChI is InChI=1S/C45H51NO/c1-43(2,3)39-13-9-7-11-35(39)37-24-33(45-26-29-21-30(27-45)23-31(22-29)28-45)25-38(36-12-8-10-14-40(36)44(4,5)6)42(37)32-15-17-34(18-16-32)46-20-19-41(46)47/h7-18,24-25,29-31H,19-23,26-28H2,1-6H3. The van der Waals surface area contributed by atoms with Crippen molar-refractivity contribution < 1.29 is 4.79 Å². The minimum absolute atomic E-state index is 0.00421. The van der Waals surface area contributed by atoms with E-state index >= 15 is 0 Å². The molecular formula is C45H51NO. The van der Waals surface area contributed by atoms with Gasteiger partial charge in [-0.15, -0.1) is 0 Å². The Morgan fingerprint density at radius 3 is 1.49 bits per heavy atom. The number of benzene rings is 4. The van der Waals surface area contributed by atoms with Crippen LogP contribution < -0.4 is 4.90 Å². The van der Waals surface area contributed by atoms with Crippen LogP contribution in [-0.2, 0) is 21.0 Å². The van der Waals surface area contributed by atoms with Gasteiger partial charge >= 0.3 is 0 Å². The van der Waals surface area contributed by atoms with Gasteiger partial charge in [-0.2, -0.15) is 0 Å². The Labute approximate surface area is 282 Å². The van der Waals surface area contributed by atoms with Crippen molar-refractivity contribution in [1.82, 2.24) is 0 Å². The molecule has 1 aliphatic heterocycles. The Morgan fingerprint density at radius 1 is 0.617 bits per heavy atom. The Balaban J connectivity index is 1.44. The van der Waals surface area contributed by atoms with E-state index in [1.807, 2.05) is 4.90 Å². The molecule has 5 aliphatic rings. The van der Waals surface area contributed by atoms with Gasteiger partial charge in [-0.25, -0.2) is 0 Å². The number of hydrogen-bond donors (Lipinski definition) is 0. The molecule has 0 aromatic heterocycles. The van der Waals surface area contributed by atoms with Gasteiger partial charge in [0.15, 0.2) is 0 Å². The largest absolute Gasteiger partial charge is 0.312 e. The van der Waals surface area contributed by atoms with Crippen molar-refractivity contribution in [3.05, 3.63) is 102 Å². The summed E-state index contributed by atoms with van der Waals surface area (Å²) in [5.41, 5.74) is 13.6. The van der Waals surface area contributed by atoms with Crippen molar-refractivity contribution in [2.75, 3.05) is 11.4 Å². The number of carbonyl (C=O) groups excluding carboxylic acids is 1. The molecule has 9 rings (SSSR count). The third-order valence-electron chi connectivity index (χ3n) is 12.2. The first-order chi connectivity index (χ1) is 22.4. The molecule has 2 heteroatoms. The molecule has 0 radical (unpaired) electrons. The topological polar surface area (TPSA) is 20.3 Å². The lowest BCUT2D eigenvalue weighted by Gasteiger charge is -2.57. The summed E-state index contributed by atoms with van der Waals surface area (Å²) in [6.07, 6.45) is 9.02. The fourth-order valence-electron chi connectivity index (χ4n) is 10.3. The monoisotopic (exact) mass is 621 g/mol. The van der Waals surface area contributed by atoms with Crippen molar-refractivity contribution >= 4 is 11.6 Å².